The van der Waals surface area contributed by atoms with Crippen molar-refractivity contribution < 1.29 is 8.42 Å². The molecule has 0 atom stereocenters. The van der Waals surface area contributed by atoms with Crippen molar-refractivity contribution in [3.63, 3.8) is 0 Å². The Hall–Kier alpha value is -2.42. The predicted octanol–water partition coefficient (Wildman–Crippen LogP) is 0.729. The molecule has 2 aromatic heterocycles. The van der Waals surface area contributed by atoms with E-state index in [1.54, 1.807) is 12.1 Å². The summed E-state index contributed by atoms with van der Waals surface area (Å²) in [6.07, 6.45) is 4.26. The number of anilines is 2. The van der Waals surface area contributed by atoms with Gasteiger partial charge in [-0.05, 0) is 12.1 Å². The second-order valence-electron chi connectivity index (χ2n) is 4.25. The summed E-state index contributed by atoms with van der Waals surface area (Å²) in [4.78, 5) is 12.2. The van der Waals surface area contributed by atoms with Crippen molar-refractivity contribution in [3.05, 3.63) is 37.2 Å². The first-order valence-corrected chi connectivity index (χ1v) is 7.46. The van der Waals surface area contributed by atoms with E-state index >= 15 is 0 Å². The summed E-state index contributed by atoms with van der Waals surface area (Å²) in [5, 5.41) is 2.30. The van der Waals surface area contributed by atoms with Gasteiger partial charge in [0, 0.05) is 11.8 Å². The fourth-order valence-electron chi connectivity index (χ4n) is 2.14. The molecule has 1 aliphatic heterocycles. The molecule has 0 saturated heterocycles. The number of nitrogens with one attached hydrogen (secondary N) is 1. The molecule has 104 valence electrons. The molecule has 2 radical (unpaired) electrons. The Morgan fingerprint density at radius 2 is 2.24 bits per heavy atom. The molecule has 0 amide bonds. The van der Waals surface area contributed by atoms with Crippen molar-refractivity contribution in [2.45, 2.75) is 4.90 Å². The van der Waals surface area contributed by atoms with Gasteiger partial charge < -0.3 is 5.23 Å². The standard InChI is InChI=1S/C12H10BN5O2S/c1-2-6-18-11-8(4-3-5-14-11)10-9(21(18,19)20)7-15-12(16-10)17-13/h2-5,7H,1,6H2,(H,15,16,17). The van der Waals surface area contributed by atoms with Crippen LogP contribution in [0.4, 0.5) is 11.8 Å². The molecule has 3 heterocycles. The van der Waals surface area contributed by atoms with Crippen LogP contribution in [0.1, 0.15) is 0 Å². The minimum absolute atomic E-state index is 0.0175. The fraction of sp³-hybridized carbons (Fsp3) is 0.0833. The molecule has 0 bridgehead atoms. The number of hydrogen-bond donors (Lipinski definition) is 1. The summed E-state index contributed by atoms with van der Waals surface area (Å²) in [6, 6.07) is 3.46. The molecule has 0 aromatic carbocycles. The van der Waals surface area contributed by atoms with Crippen molar-refractivity contribution in [2.24, 2.45) is 0 Å². The summed E-state index contributed by atoms with van der Waals surface area (Å²) in [5.74, 6) is 0.447. The van der Waals surface area contributed by atoms with E-state index in [2.05, 4.69) is 26.8 Å². The van der Waals surface area contributed by atoms with Crippen LogP contribution in [0.2, 0.25) is 0 Å². The van der Waals surface area contributed by atoms with Gasteiger partial charge in [0.2, 0.25) is 13.9 Å². The highest BCUT2D eigenvalue weighted by Gasteiger charge is 2.36. The highest BCUT2D eigenvalue weighted by molar-refractivity contribution is 7.93. The molecule has 0 aliphatic carbocycles. The maximum atomic E-state index is 12.7. The van der Waals surface area contributed by atoms with Gasteiger partial charge in [-0.2, -0.15) is 0 Å². The molecule has 7 nitrogen and oxygen atoms in total. The minimum atomic E-state index is -3.78. The van der Waals surface area contributed by atoms with Crippen LogP contribution in [0, 0.1) is 0 Å². The molecular weight excluding hydrogens is 289 g/mol. The van der Waals surface area contributed by atoms with E-state index < -0.39 is 10.0 Å². The first-order valence-electron chi connectivity index (χ1n) is 6.02. The summed E-state index contributed by atoms with van der Waals surface area (Å²) in [6.45, 7) is 3.70. The molecule has 1 aliphatic rings. The molecule has 0 unspecified atom stereocenters. The first-order chi connectivity index (χ1) is 10.1. The lowest BCUT2D eigenvalue weighted by molar-refractivity contribution is 0.590. The molecule has 0 spiro atoms. The third-order valence-corrected chi connectivity index (χ3v) is 4.78. The van der Waals surface area contributed by atoms with E-state index in [1.165, 1.54) is 22.8 Å². The van der Waals surface area contributed by atoms with Gasteiger partial charge in [-0.25, -0.2) is 27.7 Å². The number of aromatic nitrogens is 3. The highest BCUT2D eigenvalue weighted by Crippen LogP contribution is 2.40. The monoisotopic (exact) mass is 299 g/mol. The Labute approximate surface area is 123 Å². The molecular formula is C12H10BN5O2S. The predicted molar refractivity (Wildman–Crippen MR) is 79.4 cm³/mol. The van der Waals surface area contributed by atoms with E-state index in [-0.39, 0.29) is 23.1 Å². The Bertz CT molecular complexity index is 824. The van der Waals surface area contributed by atoms with Crippen LogP contribution in [0.3, 0.4) is 0 Å². The Morgan fingerprint density at radius 3 is 2.95 bits per heavy atom. The smallest absolute Gasteiger partial charge is 0.269 e. The Balaban J connectivity index is 2.35. The van der Waals surface area contributed by atoms with Gasteiger partial charge in [0.25, 0.3) is 10.0 Å². The largest absolute Gasteiger partial charge is 0.407 e. The summed E-state index contributed by atoms with van der Waals surface area (Å²) >= 11 is 0. The number of pyridine rings is 1. The molecule has 1 N–H and O–H groups in total. The van der Waals surface area contributed by atoms with Gasteiger partial charge in [-0.1, -0.05) is 6.08 Å². The van der Waals surface area contributed by atoms with E-state index in [0.29, 0.717) is 11.4 Å². The van der Waals surface area contributed by atoms with Gasteiger partial charge in [0.15, 0.2) is 5.82 Å². The zero-order valence-corrected chi connectivity index (χ0v) is 11.7. The van der Waals surface area contributed by atoms with Crippen LogP contribution in [0.15, 0.2) is 42.1 Å². The topological polar surface area (TPSA) is 88.1 Å². The molecule has 21 heavy (non-hydrogen) atoms. The maximum absolute atomic E-state index is 12.7. The van der Waals surface area contributed by atoms with Gasteiger partial charge >= 0.3 is 0 Å². The van der Waals surface area contributed by atoms with Crippen molar-refractivity contribution in [2.75, 3.05) is 16.1 Å². The van der Waals surface area contributed by atoms with Crippen molar-refractivity contribution >= 4 is 29.8 Å². The van der Waals surface area contributed by atoms with E-state index in [0.717, 1.165) is 0 Å². The van der Waals surface area contributed by atoms with E-state index in [9.17, 15) is 8.42 Å². The van der Waals surface area contributed by atoms with Crippen LogP contribution in [-0.2, 0) is 10.0 Å². The molecule has 2 aromatic rings. The summed E-state index contributed by atoms with van der Waals surface area (Å²) < 4.78 is 26.5. The van der Waals surface area contributed by atoms with Gasteiger partial charge in [0.05, 0.1) is 12.7 Å². The second kappa shape index (κ2) is 4.85. The quantitative estimate of drug-likeness (QED) is 0.664. The van der Waals surface area contributed by atoms with Crippen molar-refractivity contribution in [3.8, 4) is 11.3 Å². The number of nitrogens with zero attached hydrogens (tertiary/aromatic N) is 4. The van der Waals surface area contributed by atoms with Crippen molar-refractivity contribution in [1.82, 2.24) is 15.0 Å². The normalized spacial score (nSPS) is 15.0. The molecule has 3 rings (SSSR count). The Kier molecular flexibility index (Phi) is 3.13. The molecule has 9 heteroatoms. The average molecular weight is 299 g/mol. The lowest BCUT2D eigenvalue weighted by Crippen LogP contribution is -2.35. The molecule has 0 fully saturated rings. The lowest BCUT2D eigenvalue weighted by Gasteiger charge is -2.29. The minimum Gasteiger partial charge on any atom is -0.407 e. The van der Waals surface area contributed by atoms with Crippen molar-refractivity contribution in [1.29, 1.82) is 0 Å². The van der Waals surface area contributed by atoms with Crippen LogP contribution < -0.4 is 9.53 Å². The average Bonchev–Trinajstić information content (AvgIpc) is 2.51. The summed E-state index contributed by atoms with van der Waals surface area (Å²) in [7, 11) is 1.50. The number of rotatable bonds is 3. The summed E-state index contributed by atoms with van der Waals surface area (Å²) in [5.41, 5.74) is 0.879. The van der Waals surface area contributed by atoms with E-state index in [1.807, 2.05) is 0 Å². The lowest BCUT2D eigenvalue weighted by atomic mass is 10.1. The second-order valence-corrected chi connectivity index (χ2v) is 6.08. The van der Waals surface area contributed by atoms with Crippen LogP contribution in [0.25, 0.3) is 11.3 Å². The third kappa shape index (κ3) is 1.97. The van der Waals surface area contributed by atoms with Crippen LogP contribution in [0.5, 0.6) is 0 Å². The van der Waals surface area contributed by atoms with Gasteiger partial charge in [-0.3, -0.25) is 0 Å². The molecule has 0 saturated carbocycles. The Morgan fingerprint density at radius 1 is 1.43 bits per heavy atom. The number of fused-ring (bicyclic) bond motifs is 3. The van der Waals surface area contributed by atoms with Gasteiger partial charge in [-0.15, -0.1) is 6.58 Å². The zero-order chi connectivity index (χ0) is 15.0. The zero-order valence-electron chi connectivity index (χ0n) is 10.9. The number of sulfonamides is 1. The maximum Gasteiger partial charge on any atom is 0.269 e. The SMILES string of the molecule is [B]Nc1ncc2c(n1)-c1cccnc1N(CC=C)S2(=O)=O. The van der Waals surface area contributed by atoms with Crippen LogP contribution in [-0.4, -0.2) is 37.9 Å². The fourth-order valence-corrected chi connectivity index (χ4v) is 3.64. The third-order valence-electron chi connectivity index (χ3n) is 3.03. The number of hydrogen-bond acceptors (Lipinski definition) is 6. The van der Waals surface area contributed by atoms with E-state index in [4.69, 9.17) is 7.98 Å². The first kappa shape index (κ1) is 13.6. The van der Waals surface area contributed by atoms with Crippen LogP contribution >= 0.6 is 0 Å². The van der Waals surface area contributed by atoms with Gasteiger partial charge in [0.1, 0.15) is 10.6 Å². The highest BCUT2D eigenvalue weighted by atomic mass is 32.2.